The van der Waals surface area contributed by atoms with Crippen molar-refractivity contribution < 1.29 is 4.21 Å². The second kappa shape index (κ2) is 6.31. The predicted octanol–water partition coefficient (Wildman–Crippen LogP) is 2.71. The number of hydrogen-bond donors (Lipinski definition) is 1. The Labute approximate surface area is 106 Å². The van der Waals surface area contributed by atoms with Crippen LogP contribution in [0.3, 0.4) is 0 Å². The molecule has 1 fully saturated rings. The summed E-state index contributed by atoms with van der Waals surface area (Å²) in [5.74, 6) is 0. The van der Waals surface area contributed by atoms with Crippen LogP contribution in [-0.2, 0) is 10.8 Å². The lowest BCUT2D eigenvalue weighted by atomic mass is 9.95. The largest absolute Gasteiger partial charge is 0.314 e. The lowest BCUT2D eigenvalue weighted by Gasteiger charge is -2.29. The Morgan fingerprint density at radius 1 is 1.29 bits per heavy atom. The Morgan fingerprint density at radius 3 is 2.76 bits per heavy atom. The van der Waals surface area contributed by atoms with Crippen LogP contribution < -0.4 is 5.32 Å². The SMILES string of the molecule is CCNC1CCCC(S(=O)c2ccccc2)C1. The molecule has 1 aliphatic carbocycles. The van der Waals surface area contributed by atoms with Gasteiger partial charge in [0.15, 0.2) is 0 Å². The number of rotatable bonds is 4. The number of nitrogens with one attached hydrogen (secondary N) is 1. The van der Waals surface area contributed by atoms with Crippen molar-refractivity contribution in [1.29, 1.82) is 0 Å². The normalized spacial score (nSPS) is 26.6. The smallest absolute Gasteiger partial charge is 0.0561 e. The highest BCUT2D eigenvalue weighted by molar-refractivity contribution is 7.85. The van der Waals surface area contributed by atoms with E-state index in [1.807, 2.05) is 30.3 Å². The van der Waals surface area contributed by atoms with Crippen LogP contribution in [-0.4, -0.2) is 22.0 Å². The van der Waals surface area contributed by atoms with Crippen molar-refractivity contribution >= 4 is 10.8 Å². The molecule has 0 amide bonds. The van der Waals surface area contributed by atoms with Crippen molar-refractivity contribution in [3.63, 3.8) is 0 Å². The molecule has 2 rings (SSSR count). The molecule has 0 aliphatic heterocycles. The summed E-state index contributed by atoms with van der Waals surface area (Å²) in [7, 11) is -0.834. The number of benzene rings is 1. The van der Waals surface area contributed by atoms with Gasteiger partial charge in [-0.15, -0.1) is 0 Å². The Morgan fingerprint density at radius 2 is 2.06 bits per heavy atom. The average Bonchev–Trinajstić information content (AvgIpc) is 2.40. The third-order valence-electron chi connectivity index (χ3n) is 3.40. The van der Waals surface area contributed by atoms with Crippen molar-refractivity contribution in [2.24, 2.45) is 0 Å². The van der Waals surface area contributed by atoms with Crippen LogP contribution in [0, 0.1) is 0 Å². The van der Waals surface area contributed by atoms with E-state index in [0.717, 1.165) is 24.3 Å². The van der Waals surface area contributed by atoms with Crippen molar-refractivity contribution in [3.8, 4) is 0 Å². The molecule has 3 unspecified atom stereocenters. The minimum atomic E-state index is -0.834. The van der Waals surface area contributed by atoms with E-state index in [4.69, 9.17) is 0 Å². The minimum absolute atomic E-state index is 0.329. The molecule has 3 heteroatoms. The van der Waals surface area contributed by atoms with Crippen LogP contribution in [0.1, 0.15) is 32.6 Å². The maximum absolute atomic E-state index is 12.4. The first kappa shape index (κ1) is 12.8. The molecule has 1 saturated carbocycles. The highest BCUT2D eigenvalue weighted by Crippen LogP contribution is 2.26. The van der Waals surface area contributed by atoms with Crippen molar-refractivity contribution in [1.82, 2.24) is 5.32 Å². The molecule has 0 radical (unpaired) electrons. The molecule has 0 aromatic heterocycles. The molecule has 0 heterocycles. The molecule has 0 spiro atoms. The number of hydrogen-bond acceptors (Lipinski definition) is 2. The van der Waals surface area contributed by atoms with Crippen molar-refractivity contribution in [3.05, 3.63) is 30.3 Å². The molecule has 0 bridgehead atoms. The molecular formula is C14H21NOS. The van der Waals surface area contributed by atoms with Crippen LogP contribution >= 0.6 is 0 Å². The van der Waals surface area contributed by atoms with Crippen molar-refractivity contribution in [2.75, 3.05) is 6.54 Å². The summed E-state index contributed by atoms with van der Waals surface area (Å²) in [6.45, 7) is 3.15. The third kappa shape index (κ3) is 3.39. The molecule has 1 aromatic rings. The van der Waals surface area contributed by atoms with E-state index in [1.54, 1.807) is 0 Å². The van der Waals surface area contributed by atoms with Crippen LogP contribution in [0.5, 0.6) is 0 Å². The van der Waals surface area contributed by atoms with E-state index in [-0.39, 0.29) is 0 Å². The Hall–Kier alpha value is -0.670. The summed E-state index contributed by atoms with van der Waals surface area (Å²) in [5, 5.41) is 3.82. The molecule has 94 valence electrons. The fraction of sp³-hybridized carbons (Fsp3) is 0.571. The lowest BCUT2D eigenvalue weighted by molar-refractivity contribution is 0.383. The van der Waals surface area contributed by atoms with Gasteiger partial charge in [-0.25, -0.2) is 0 Å². The van der Waals surface area contributed by atoms with Gasteiger partial charge in [0, 0.05) is 16.2 Å². The maximum Gasteiger partial charge on any atom is 0.0561 e. The van der Waals surface area contributed by atoms with Gasteiger partial charge in [0.1, 0.15) is 0 Å². The highest BCUT2D eigenvalue weighted by Gasteiger charge is 2.26. The molecule has 17 heavy (non-hydrogen) atoms. The first-order valence-corrected chi connectivity index (χ1v) is 7.71. The Bertz CT molecular complexity index is 364. The van der Waals surface area contributed by atoms with Gasteiger partial charge >= 0.3 is 0 Å². The fourth-order valence-corrected chi connectivity index (χ4v) is 4.16. The van der Waals surface area contributed by atoms with Gasteiger partial charge in [-0.3, -0.25) is 4.21 Å². The quantitative estimate of drug-likeness (QED) is 0.891. The minimum Gasteiger partial charge on any atom is -0.314 e. The summed E-state index contributed by atoms with van der Waals surface area (Å²) < 4.78 is 12.4. The van der Waals surface area contributed by atoms with Crippen LogP contribution in [0.15, 0.2) is 35.2 Å². The third-order valence-corrected chi connectivity index (χ3v) is 5.17. The monoisotopic (exact) mass is 251 g/mol. The van der Waals surface area contributed by atoms with Crippen LogP contribution in [0.4, 0.5) is 0 Å². The van der Waals surface area contributed by atoms with E-state index in [1.165, 1.54) is 12.8 Å². The first-order chi connectivity index (χ1) is 8.31. The Balaban J connectivity index is 2.00. The van der Waals surface area contributed by atoms with Gasteiger partial charge in [0.25, 0.3) is 0 Å². The van der Waals surface area contributed by atoms with Crippen molar-refractivity contribution in [2.45, 2.75) is 48.8 Å². The Kier molecular flexibility index (Phi) is 4.75. The van der Waals surface area contributed by atoms with Gasteiger partial charge in [0.2, 0.25) is 0 Å². The summed E-state index contributed by atoms with van der Waals surface area (Å²) in [6, 6.07) is 10.4. The topological polar surface area (TPSA) is 29.1 Å². The molecule has 0 saturated heterocycles. The predicted molar refractivity (Wildman–Crippen MR) is 72.6 cm³/mol. The van der Waals surface area contributed by atoms with E-state index in [0.29, 0.717) is 11.3 Å². The van der Waals surface area contributed by atoms with E-state index in [9.17, 15) is 4.21 Å². The zero-order valence-electron chi connectivity index (χ0n) is 10.4. The van der Waals surface area contributed by atoms with Gasteiger partial charge in [-0.2, -0.15) is 0 Å². The summed E-state index contributed by atoms with van der Waals surface area (Å²) in [4.78, 5) is 0.981. The van der Waals surface area contributed by atoms with E-state index < -0.39 is 10.8 Å². The molecule has 1 aromatic carbocycles. The maximum atomic E-state index is 12.4. The van der Waals surface area contributed by atoms with Gasteiger partial charge in [-0.05, 0) is 37.9 Å². The average molecular weight is 251 g/mol. The van der Waals surface area contributed by atoms with Gasteiger partial charge in [-0.1, -0.05) is 31.5 Å². The molecule has 1 aliphatic rings. The second-order valence-electron chi connectivity index (χ2n) is 4.65. The zero-order chi connectivity index (χ0) is 12.1. The first-order valence-electron chi connectivity index (χ1n) is 6.50. The van der Waals surface area contributed by atoms with Gasteiger partial charge in [0.05, 0.1) is 10.8 Å². The molecular weight excluding hydrogens is 230 g/mol. The summed E-state index contributed by atoms with van der Waals surface area (Å²) in [5.41, 5.74) is 0. The van der Waals surface area contributed by atoms with Crippen LogP contribution in [0.25, 0.3) is 0 Å². The fourth-order valence-electron chi connectivity index (χ4n) is 2.56. The van der Waals surface area contributed by atoms with E-state index >= 15 is 0 Å². The molecule has 1 N–H and O–H groups in total. The lowest BCUT2D eigenvalue weighted by Crippen LogP contribution is -2.37. The summed E-state index contributed by atoms with van der Waals surface area (Å²) in [6.07, 6.45) is 4.58. The molecule has 3 atom stereocenters. The standard InChI is InChI=1S/C14H21NOS/c1-2-15-12-7-6-10-14(11-12)17(16)13-8-4-3-5-9-13/h3-5,8-9,12,14-15H,2,6-7,10-11H2,1H3. The second-order valence-corrected chi connectivity index (χ2v) is 6.39. The van der Waals surface area contributed by atoms with Crippen LogP contribution in [0.2, 0.25) is 0 Å². The van der Waals surface area contributed by atoms with Gasteiger partial charge < -0.3 is 5.32 Å². The van der Waals surface area contributed by atoms with E-state index in [2.05, 4.69) is 12.2 Å². The summed E-state index contributed by atoms with van der Waals surface area (Å²) >= 11 is 0. The molecule has 2 nitrogen and oxygen atoms in total. The highest BCUT2D eigenvalue weighted by atomic mass is 32.2. The zero-order valence-corrected chi connectivity index (χ0v) is 11.2.